The Morgan fingerprint density at radius 2 is 1.76 bits per heavy atom. The number of nitrogens with zero attached hydrogens (tertiary/aromatic N) is 1. The molecule has 0 bridgehead atoms. The number of amides is 1. The summed E-state index contributed by atoms with van der Waals surface area (Å²) >= 11 is 0. The molecule has 0 atom stereocenters. The van der Waals surface area contributed by atoms with Crippen LogP contribution in [0.4, 0.5) is 5.69 Å². The van der Waals surface area contributed by atoms with Gasteiger partial charge in [0.2, 0.25) is 5.91 Å². The number of carbonyl (C=O) groups excluding carboxylic acids is 1. The number of carbonyl (C=O) groups is 1. The smallest absolute Gasteiger partial charge is 0.339 e. The molecule has 2 N–H and O–H groups in total. The van der Waals surface area contributed by atoms with Gasteiger partial charge in [0.25, 0.3) is 0 Å². The minimum atomic E-state index is -4.06. The Labute approximate surface area is 171 Å². The highest BCUT2D eigenvalue weighted by Gasteiger charge is 2.19. The van der Waals surface area contributed by atoms with Crippen molar-refractivity contribution in [1.29, 1.82) is 0 Å². The van der Waals surface area contributed by atoms with Gasteiger partial charge in [-0.3, -0.25) is 4.79 Å². The topological polar surface area (TPSA) is 97.0 Å². The minimum Gasteiger partial charge on any atom is -0.493 e. The quantitative estimate of drug-likeness (QED) is 0.448. The number of benzene rings is 2. The third-order valence-corrected chi connectivity index (χ3v) is 5.20. The first-order valence-corrected chi connectivity index (χ1v) is 10.5. The van der Waals surface area contributed by atoms with E-state index in [1.807, 2.05) is 20.2 Å². The molecular weight excluding hydrogens is 394 g/mol. The second-order valence-corrected chi connectivity index (χ2v) is 8.25. The first kappa shape index (κ1) is 22.7. The predicted octanol–water partition coefficient (Wildman–Crippen LogP) is 2.07. The summed E-state index contributed by atoms with van der Waals surface area (Å²) in [5.41, 5.74) is 1.37. The van der Waals surface area contributed by atoms with Crippen molar-refractivity contribution in [2.24, 2.45) is 0 Å². The highest BCUT2D eigenvalue weighted by molar-refractivity contribution is 7.87. The van der Waals surface area contributed by atoms with Gasteiger partial charge >= 0.3 is 10.1 Å². The molecule has 0 aliphatic rings. The normalized spacial score (nSPS) is 11.3. The van der Waals surface area contributed by atoms with Crippen LogP contribution in [0.15, 0.2) is 47.4 Å². The molecule has 29 heavy (non-hydrogen) atoms. The molecule has 0 fully saturated rings. The van der Waals surface area contributed by atoms with Crippen molar-refractivity contribution in [1.82, 2.24) is 10.2 Å². The van der Waals surface area contributed by atoms with E-state index in [2.05, 4.69) is 15.5 Å². The molecule has 8 nitrogen and oxygen atoms in total. The third kappa shape index (κ3) is 7.04. The summed E-state index contributed by atoms with van der Waals surface area (Å²) in [5.74, 6) is 0.198. The van der Waals surface area contributed by atoms with E-state index in [9.17, 15) is 13.2 Å². The summed E-state index contributed by atoms with van der Waals surface area (Å²) in [4.78, 5) is 13.1. The van der Waals surface area contributed by atoms with Gasteiger partial charge in [0.1, 0.15) is 4.90 Å². The van der Waals surface area contributed by atoms with E-state index in [1.165, 1.54) is 38.3 Å². The maximum Gasteiger partial charge on any atom is 0.339 e. The molecule has 2 rings (SSSR count). The number of hydrogen-bond donors (Lipinski definition) is 2. The number of hydrogen-bond acceptors (Lipinski definition) is 7. The Kier molecular flexibility index (Phi) is 8.00. The van der Waals surface area contributed by atoms with Crippen LogP contribution in [0, 0.1) is 0 Å². The van der Waals surface area contributed by atoms with Crippen LogP contribution in [-0.4, -0.2) is 53.5 Å². The van der Waals surface area contributed by atoms with Gasteiger partial charge in [-0.1, -0.05) is 6.07 Å². The van der Waals surface area contributed by atoms with Gasteiger partial charge in [0.15, 0.2) is 11.5 Å². The van der Waals surface area contributed by atoms with E-state index in [0.29, 0.717) is 18.0 Å². The van der Waals surface area contributed by atoms with E-state index >= 15 is 0 Å². The highest BCUT2D eigenvalue weighted by atomic mass is 32.2. The van der Waals surface area contributed by atoms with E-state index in [1.54, 1.807) is 12.1 Å². The number of ether oxygens (including phenoxy) is 1. The molecule has 0 aromatic heterocycles. The SMILES string of the molecule is COc1ccc(CNCCN(C)C)cc1OS(=O)(=O)c1ccc(NC(C)=O)cc1. The number of nitrogens with one attached hydrogen (secondary N) is 2. The van der Waals surface area contributed by atoms with Crippen LogP contribution in [0.2, 0.25) is 0 Å². The van der Waals surface area contributed by atoms with Gasteiger partial charge in [-0.15, -0.1) is 0 Å². The van der Waals surface area contributed by atoms with Crippen molar-refractivity contribution in [3.05, 3.63) is 48.0 Å². The average Bonchev–Trinajstić information content (AvgIpc) is 2.65. The molecule has 1 amide bonds. The van der Waals surface area contributed by atoms with Crippen molar-refractivity contribution in [2.75, 3.05) is 39.6 Å². The first-order valence-electron chi connectivity index (χ1n) is 9.06. The zero-order chi connectivity index (χ0) is 21.4. The third-order valence-electron chi connectivity index (χ3n) is 3.96. The monoisotopic (exact) mass is 421 g/mol. The molecule has 2 aromatic rings. The fourth-order valence-electron chi connectivity index (χ4n) is 2.51. The summed E-state index contributed by atoms with van der Waals surface area (Å²) in [7, 11) is 1.38. The molecule has 0 unspecified atom stereocenters. The van der Waals surface area contributed by atoms with Crippen LogP contribution >= 0.6 is 0 Å². The lowest BCUT2D eigenvalue weighted by Gasteiger charge is -2.14. The van der Waals surface area contributed by atoms with Gasteiger partial charge < -0.3 is 24.5 Å². The standard InChI is InChI=1S/C20H27N3O5S/c1-15(24)22-17-6-8-18(9-7-17)29(25,26)28-20-13-16(5-10-19(20)27-4)14-21-11-12-23(2)3/h5-10,13,21H,11-12,14H2,1-4H3,(H,22,24). The van der Waals surface area contributed by atoms with Crippen molar-refractivity contribution >= 4 is 21.7 Å². The second-order valence-electron chi connectivity index (χ2n) is 6.71. The molecule has 0 heterocycles. The van der Waals surface area contributed by atoms with Gasteiger partial charge in [-0.05, 0) is 56.1 Å². The summed E-state index contributed by atoms with van der Waals surface area (Å²) in [6.07, 6.45) is 0. The lowest BCUT2D eigenvalue weighted by atomic mass is 10.2. The molecule has 0 aliphatic heterocycles. The molecule has 158 valence electrons. The van der Waals surface area contributed by atoms with Gasteiger partial charge in [-0.2, -0.15) is 8.42 Å². The lowest BCUT2D eigenvalue weighted by Crippen LogP contribution is -2.26. The number of likely N-dealkylation sites (N-methyl/N-ethyl adjacent to an activating group) is 1. The van der Waals surface area contributed by atoms with Crippen LogP contribution in [0.1, 0.15) is 12.5 Å². The van der Waals surface area contributed by atoms with Crippen LogP contribution in [-0.2, 0) is 21.5 Å². The number of rotatable bonds is 10. The Balaban J connectivity index is 2.15. The van der Waals surface area contributed by atoms with Crippen molar-refractivity contribution in [3.8, 4) is 11.5 Å². The Bertz CT molecular complexity index is 928. The highest BCUT2D eigenvalue weighted by Crippen LogP contribution is 2.31. The zero-order valence-corrected chi connectivity index (χ0v) is 17.9. The maximum atomic E-state index is 12.7. The van der Waals surface area contributed by atoms with Crippen molar-refractivity contribution < 1.29 is 22.1 Å². The molecule has 2 aromatic carbocycles. The lowest BCUT2D eigenvalue weighted by molar-refractivity contribution is -0.114. The molecule has 0 saturated carbocycles. The zero-order valence-electron chi connectivity index (χ0n) is 17.1. The van der Waals surface area contributed by atoms with Crippen molar-refractivity contribution in [2.45, 2.75) is 18.4 Å². The number of anilines is 1. The van der Waals surface area contributed by atoms with Crippen LogP contribution in [0.25, 0.3) is 0 Å². The van der Waals surface area contributed by atoms with E-state index in [0.717, 1.165) is 18.7 Å². The van der Waals surface area contributed by atoms with Crippen LogP contribution < -0.4 is 19.6 Å². The molecule has 0 aliphatic carbocycles. The van der Waals surface area contributed by atoms with Crippen LogP contribution in [0.3, 0.4) is 0 Å². The fraction of sp³-hybridized carbons (Fsp3) is 0.350. The molecule has 0 spiro atoms. The molecule has 0 saturated heterocycles. The molecular formula is C20H27N3O5S. The van der Waals surface area contributed by atoms with Gasteiger partial charge in [0.05, 0.1) is 7.11 Å². The summed E-state index contributed by atoms with van der Waals surface area (Å²) in [5, 5.41) is 5.88. The van der Waals surface area contributed by atoms with E-state index < -0.39 is 10.1 Å². The second kappa shape index (κ2) is 10.2. The van der Waals surface area contributed by atoms with Crippen LogP contribution in [0.5, 0.6) is 11.5 Å². The minimum absolute atomic E-state index is 0.0248. The predicted molar refractivity (Wildman–Crippen MR) is 112 cm³/mol. The average molecular weight is 422 g/mol. The van der Waals surface area contributed by atoms with E-state index in [-0.39, 0.29) is 16.6 Å². The summed E-state index contributed by atoms with van der Waals surface area (Å²) in [6.45, 7) is 3.64. The molecule has 0 radical (unpaired) electrons. The van der Waals surface area contributed by atoms with Gasteiger partial charge in [-0.25, -0.2) is 0 Å². The fourth-order valence-corrected chi connectivity index (χ4v) is 3.44. The van der Waals surface area contributed by atoms with E-state index in [4.69, 9.17) is 8.92 Å². The Morgan fingerprint density at radius 1 is 1.07 bits per heavy atom. The Morgan fingerprint density at radius 3 is 2.34 bits per heavy atom. The van der Waals surface area contributed by atoms with Crippen molar-refractivity contribution in [3.63, 3.8) is 0 Å². The summed E-state index contributed by atoms with van der Waals surface area (Å²) < 4.78 is 35.9. The first-order chi connectivity index (χ1) is 13.7. The Hall–Kier alpha value is -2.62. The van der Waals surface area contributed by atoms with Gasteiger partial charge in [0, 0.05) is 32.2 Å². The maximum absolute atomic E-state index is 12.7. The summed E-state index contributed by atoms with van der Waals surface area (Å²) in [6, 6.07) is 10.9. The number of methoxy groups -OCH3 is 1. The largest absolute Gasteiger partial charge is 0.493 e. The molecule has 9 heteroatoms.